The quantitative estimate of drug-likeness (QED) is 0.839. The van der Waals surface area contributed by atoms with Crippen LogP contribution in [0.15, 0.2) is 36.7 Å². The van der Waals surface area contributed by atoms with Gasteiger partial charge in [0.05, 0.1) is 15.7 Å². The van der Waals surface area contributed by atoms with Gasteiger partial charge in [-0.1, -0.05) is 35.3 Å². The first-order chi connectivity index (χ1) is 12.0. The van der Waals surface area contributed by atoms with Gasteiger partial charge in [-0.3, -0.25) is 4.98 Å². The molecule has 0 saturated carbocycles. The molecule has 132 valence electrons. The molecule has 25 heavy (non-hydrogen) atoms. The van der Waals surface area contributed by atoms with Crippen molar-refractivity contribution < 1.29 is 4.79 Å². The number of hydrogen-bond acceptors (Lipinski definition) is 3. The highest BCUT2D eigenvalue weighted by Gasteiger charge is 2.22. The van der Waals surface area contributed by atoms with Crippen LogP contribution in [0.3, 0.4) is 0 Å². The zero-order valence-corrected chi connectivity index (χ0v) is 15.5. The second kappa shape index (κ2) is 7.93. The molecule has 2 amide bonds. The predicted octanol–water partition coefficient (Wildman–Crippen LogP) is 4.44. The molecule has 1 saturated heterocycles. The number of aromatic nitrogens is 1. The van der Waals surface area contributed by atoms with Crippen LogP contribution in [-0.2, 0) is 0 Å². The first-order valence-electron chi connectivity index (χ1n) is 8.21. The molecule has 5 nitrogen and oxygen atoms in total. The minimum Gasteiger partial charge on any atom is -0.367 e. The van der Waals surface area contributed by atoms with Gasteiger partial charge in [0.15, 0.2) is 0 Å². The van der Waals surface area contributed by atoms with E-state index in [1.54, 1.807) is 12.4 Å². The van der Waals surface area contributed by atoms with E-state index in [0.717, 1.165) is 29.9 Å². The van der Waals surface area contributed by atoms with E-state index in [-0.39, 0.29) is 6.03 Å². The fourth-order valence-electron chi connectivity index (χ4n) is 2.98. The summed E-state index contributed by atoms with van der Waals surface area (Å²) in [5, 5.41) is 4.03. The molecule has 1 aromatic carbocycles. The highest BCUT2D eigenvalue weighted by molar-refractivity contribution is 6.38. The Bertz CT molecular complexity index is 748. The van der Waals surface area contributed by atoms with E-state index in [0.29, 0.717) is 29.7 Å². The third kappa shape index (κ3) is 4.35. The lowest BCUT2D eigenvalue weighted by atomic mass is 10.2. The molecule has 0 aliphatic carbocycles. The maximum absolute atomic E-state index is 12.5. The molecule has 7 heteroatoms. The number of hydrogen-bond donors (Lipinski definition) is 1. The fourth-order valence-corrected chi connectivity index (χ4v) is 3.58. The van der Waals surface area contributed by atoms with Crippen molar-refractivity contribution in [1.82, 2.24) is 9.88 Å². The number of nitrogens with one attached hydrogen (secondary N) is 1. The smallest absolute Gasteiger partial charge is 0.321 e. The zero-order valence-electron chi connectivity index (χ0n) is 14.0. The van der Waals surface area contributed by atoms with E-state index in [4.69, 9.17) is 23.2 Å². The summed E-state index contributed by atoms with van der Waals surface area (Å²) in [6.45, 7) is 4.76. The number of benzene rings is 1. The Labute approximate surface area is 157 Å². The van der Waals surface area contributed by atoms with E-state index < -0.39 is 0 Å². The highest BCUT2D eigenvalue weighted by Crippen LogP contribution is 2.33. The zero-order chi connectivity index (χ0) is 17.8. The van der Waals surface area contributed by atoms with E-state index in [9.17, 15) is 4.79 Å². The average molecular weight is 379 g/mol. The first-order valence-corrected chi connectivity index (χ1v) is 8.97. The number of carbonyl (C=O) groups excluding carboxylic acids is 1. The average Bonchev–Trinajstić information content (AvgIpc) is 2.81. The second-order valence-electron chi connectivity index (χ2n) is 6.08. The van der Waals surface area contributed by atoms with Crippen LogP contribution in [0.2, 0.25) is 10.0 Å². The maximum atomic E-state index is 12.5. The second-order valence-corrected chi connectivity index (χ2v) is 6.89. The van der Waals surface area contributed by atoms with Crippen molar-refractivity contribution in [3.8, 4) is 0 Å². The predicted molar refractivity (Wildman–Crippen MR) is 103 cm³/mol. The molecule has 0 spiro atoms. The number of halogens is 2. The molecule has 0 unspecified atom stereocenters. The molecule has 1 aliphatic rings. The van der Waals surface area contributed by atoms with Crippen LogP contribution < -0.4 is 10.2 Å². The third-order valence-electron chi connectivity index (χ3n) is 4.20. The molecular formula is C18H20Cl2N4O. The Morgan fingerprint density at radius 3 is 2.60 bits per heavy atom. The lowest BCUT2D eigenvalue weighted by molar-refractivity contribution is 0.215. The summed E-state index contributed by atoms with van der Waals surface area (Å²) in [4.78, 5) is 20.5. The summed E-state index contributed by atoms with van der Waals surface area (Å²) >= 11 is 12.5. The van der Waals surface area contributed by atoms with Crippen LogP contribution in [-0.4, -0.2) is 42.1 Å². The molecule has 1 aromatic heterocycles. The molecule has 2 aromatic rings. The number of anilines is 2. The van der Waals surface area contributed by atoms with Gasteiger partial charge in [-0.2, -0.15) is 0 Å². The minimum absolute atomic E-state index is 0.0839. The Hall–Kier alpha value is -1.98. The van der Waals surface area contributed by atoms with E-state index in [1.807, 2.05) is 36.1 Å². The Kier molecular flexibility index (Phi) is 5.66. The SMILES string of the molecule is Cc1cccc(NC(=O)N2CCCN(c3c(Cl)cncc3Cl)CC2)c1. The highest BCUT2D eigenvalue weighted by atomic mass is 35.5. The van der Waals surface area contributed by atoms with E-state index >= 15 is 0 Å². The van der Waals surface area contributed by atoms with Gasteiger partial charge < -0.3 is 15.1 Å². The largest absolute Gasteiger partial charge is 0.367 e. The van der Waals surface area contributed by atoms with Crippen LogP contribution in [0.1, 0.15) is 12.0 Å². The Morgan fingerprint density at radius 1 is 1.12 bits per heavy atom. The van der Waals surface area contributed by atoms with Gasteiger partial charge in [-0.05, 0) is 31.0 Å². The van der Waals surface area contributed by atoms with Crippen molar-refractivity contribution in [2.75, 3.05) is 36.4 Å². The van der Waals surface area contributed by atoms with Gasteiger partial charge in [0.25, 0.3) is 0 Å². The number of aryl methyl sites for hydroxylation is 1. The van der Waals surface area contributed by atoms with Crippen LogP contribution >= 0.6 is 23.2 Å². The van der Waals surface area contributed by atoms with Crippen molar-refractivity contribution in [3.05, 3.63) is 52.3 Å². The van der Waals surface area contributed by atoms with Gasteiger partial charge in [0.2, 0.25) is 0 Å². The van der Waals surface area contributed by atoms with Crippen molar-refractivity contribution in [2.45, 2.75) is 13.3 Å². The van der Waals surface area contributed by atoms with Crippen LogP contribution in [0.5, 0.6) is 0 Å². The molecule has 0 bridgehead atoms. The summed E-state index contributed by atoms with van der Waals surface area (Å²) in [5.74, 6) is 0. The fraction of sp³-hybridized carbons (Fsp3) is 0.333. The Morgan fingerprint density at radius 2 is 1.88 bits per heavy atom. The number of urea groups is 1. The standard InChI is InChI=1S/C18H20Cl2N4O/c1-13-4-2-5-14(10-13)22-18(25)24-7-3-6-23(8-9-24)17-15(19)11-21-12-16(17)20/h2,4-5,10-12H,3,6-9H2,1H3,(H,22,25). The van der Waals surface area contributed by atoms with Gasteiger partial charge in [0.1, 0.15) is 0 Å². The van der Waals surface area contributed by atoms with E-state index in [1.165, 1.54) is 0 Å². The van der Waals surface area contributed by atoms with Gasteiger partial charge >= 0.3 is 6.03 Å². The Balaban J connectivity index is 1.66. The number of nitrogens with zero attached hydrogens (tertiary/aromatic N) is 3. The summed E-state index contributed by atoms with van der Waals surface area (Å²) in [6, 6.07) is 7.70. The molecule has 0 radical (unpaired) electrons. The summed E-state index contributed by atoms with van der Waals surface area (Å²) < 4.78 is 0. The molecule has 1 N–H and O–H groups in total. The lowest BCUT2D eigenvalue weighted by Gasteiger charge is -2.25. The maximum Gasteiger partial charge on any atom is 0.321 e. The van der Waals surface area contributed by atoms with Crippen LogP contribution in [0.25, 0.3) is 0 Å². The van der Waals surface area contributed by atoms with Crippen molar-refractivity contribution >= 4 is 40.6 Å². The third-order valence-corrected chi connectivity index (χ3v) is 4.75. The normalized spacial score (nSPS) is 15.0. The summed E-state index contributed by atoms with van der Waals surface area (Å²) in [6.07, 6.45) is 4.03. The van der Waals surface area contributed by atoms with Crippen molar-refractivity contribution in [1.29, 1.82) is 0 Å². The van der Waals surface area contributed by atoms with Crippen molar-refractivity contribution in [3.63, 3.8) is 0 Å². The number of amides is 2. The van der Waals surface area contributed by atoms with Crippen molar-refractivity contribution in [2.24, 2.45) is 0 Å². The molecule has 2 heterocycles. The van der Waals surface area contributed by atoms with Gasteiger partial charge in [0, 0.05) is 44.3 Å². The molecular weight excluding hydrogens is 359 g/mol. The number of pyridine rings is 1. The molecule has 1 aliphatic heterocycles. The topological polar surface area (TPSA) is 48.5 Å². The number of rotatable bonds is 2. The monoisotopic (exact) mass is 378 g/mol. The first kappa shape index (κ1) is 17.8. The molecule has 3 rings (SSSR count). The van der Waals surface area contributed by atoms with Crippen LogP contribution in [0, 0.1) is 6.92 Å². The molecule has 0 atom stereocenters. The minimum atomic E-state index is -0.0839. The lowest BCUT2D eigenvalue weighted by Crippen LogP contribution is -2.38. The van der Waals surface area contributed by atoms with E-state index in [2.05, 4.69) is 15.2 Å². The van der Waals surface area contributed by atoms with Gasteiger partial charge in [-0.25, -0.2) is 4.79 Å². The summed E-state index contributed by atoms with van der Waals surface area (Å²) in [5.41, 5.74) is 2.72. The van der Waals surface area contributed by atoms with Crippen LogP contribution in [0.4, 0.5) is 16.2 Å². The summed E-state index contributed by atoms with van der Waals surface area (Å²) in [7, 11) is 0. The molecule has 1 fully saturated rings. The van der Waals surface area contributed by atoms with Gasteiger partial charge in [-0.15, -0.1) is 0 Å². The number of carbonyl (C=O) groups is 1.